The van der Waals surface area contributed by atoms with Crippen molar-refractivity contribution in [1.29, 1.82) is 0 Å². The van der Waals surface area contributed by atoms with Crippen LogP contribution in [-0.4, -0.2) is 27.6 Å². The molecule has 0 radical (unpaired) electrons. The first-order valence-electron chi connectivity index (χ1n) is 10.2. The summed E-state index contributed by atoms with van der Waals surface area (Å²) in [4.78, 5) is 20.7. The van der Waals surface area contributed by atoms with E-state index in [2.05, 4.69) is 20.4 Å². The van der Waals surface area contributed by atoms with Crippen LogP contribution in [0.4, 0.5) is 0 Å². The molecule has 6 rings (SSSR count). The quantitative estimate of drug-likeness (QED) is 0.847. The largest absolute Gasteiger partial charge is 0.356 e. The van der Waals surface area contributed by atoms with E-state index < -0.39 is 0 Å². The molecule has 4 aliphatic carbocycles. The van der Waals surface area contributed by atoms with Crippen LogP contribution in [0.25, 0.3) is 11.4 Å². The monoisotopic (exact) mass is 366 g/mol. The fourth-order valence-electron chi connectivity index (χ4n) is 6.08. The Labute approximate surface area is 159 Å². The third-order valence-electron chi connectivity index (χ3n) is 6.80. The summed E-state index contributed by atoms with van der Waals surface area (Å²) in [6.07, 6.45) is 12.5. The number of hydrogen-bond donors (Lipinski definition) is 1. The Kier molecular flexibility index (Phi) is 4.21. The van der Waals surface area contributed by atoms with E-state index in [1.54, 1.807) is 12.4 Å². The summed E-state index contributed by atoms with van der Waals surface area (Å²) in [6, 6.07) is 3.68. The highest BCUT2D eigenvalue weighted by atomic mass is 16.5. The van der Waals surface area contributed by atoms with E-state index in [4.69, 9.17) is 4.52 Å². The first-order valence-corrected chi connectivity index (χ1v) is 10.2. The molecule has 0 aliphatic heterocycles. The first kappa shape index (κ1) is 16.9. The Morgan fingerprint density at radius 3 is 2.44 bits per heavy atom. The van der Waals surface area contributed by atoms with Crippen molar-refractivity contribution in [1.82, 2.24) is 20.4 Å². The second-order valence-corrected chi connectivity index (χ2v) is 8.94. The topological polar surface area (TPSA) is 80.9 Å². The van der Waals surface area contributed by atoms with Crippen LogP contribution in [0.15, 0.2) is 29.0 Å². The molecule has 0 saturated heterocycles. The minimum Gasteiger partial charge on any atom is -0.356 e. The molecule has 0 unspecified atom stereocenters. The summed E-state index contributed by atoms with van der Waals surface area (Å²) in [7, 11) is 0. The van der Waals surface area contributed by atoms with Gasteiger partial charge in [-0.15, -0.1) is 0 Å². The van der Waals surface area contributed by atoms with Crippen molar-refractivity contribution in [3.63, 3.8) is 0 Å². The number of carbonyl (C=O) groups excluding carboxylic acids is 1. The van der Waals surface area contributed by atoms with E-state index >= 15 is 0 Å². The number of amides is 1. The van der Waals surface area contributed by atoms with Crippen molar-refractivity contribution in [2.24, 2.45) is 23.2 Å². The van der Waals surface area contributed by atoms with E-state index in [9.17, 15) is 4.79 Å². The summed E-state index contributed by atoms with van der Waals surface area (Å²) in [5.41, 5.74) is 1.25. The Balaban J connectivity index is 1.13. The molecule has 4 aliphatic rings. The number of aryl methyl sites for hydroxylation is 1. The van der Waals surface area contributed by atoms with Gasteiger partial charge in [0, 0.05) is 37.3 Å². The molecule has 0 aromatic carbocycles. The van der Waals surface area contributed by atoms with Gasteiger partial charge in [0.25, 0.3) is 0 Å². The number of rotatable bonds is 6. The lowest BCUT2D eigenvalue weighted by Gasteiger charge is -2.56. The Hall–Kier alpha value is -2.24. The van der Waals surface area contributed by atoms with Crippen molar-refractivity contribution < 1.29 is 9.32 Å². The zero-order valence-corrected chi connectivity index (χ0v) is 15.6. The minimum atomic E-state index is 0.0920. The predicted molar refractivity (Wildman–Crippen MR) is 99.5 cm³/mol. The number of aromatic nitrogens is 3. The second kappa shape index (κ2) is 6.73. The molecule has 27 heavy (non-hydrogen) atoms. The number of nitrogens with one attached hydrogen (secondary N) is 1. The maximum atomic E-state index is 12.4. The highest BCUT2D eigenvalue weighted by Gasteiger charge is 2.50. The van der Waals surface area contributed by atoms with Crippen LogP contribution in [0.5, 0.6) is 0 Å². The van der Waals surface area contributed by atoms with Crippen LogP contribution < -0.4 is 5.32 Å². The summed E-state index contributed by atoms with van der Waals surface area (Å²) in [5, 5.41) is 7.20. The average molecular weight is 366 g/mol. The van der Waals surface area contributed by atoms with Crippen molar-refractivity contribution in [2.45, 2.75) is 51.4 Å². The molecule has 2 aromatic heterocycles. The van der Waals surface area contributed by atoms with Gasteiger partial charge in [0.2, 0.25) is 17.6 Å². The van der Waals surface area contributed by atoms with Crippen molar-refractivity contribution in [3.05, 3.63) is 30.4 Å². The molecule has 4 saturated carbocycles. The third kappa shape index (κ3) is 3.49. The minimum absolute atomic E-state index is 0.0920. The van der Waals surface area contributed by atoms with Crippen molar-refractivity contribution in [2.75, 3.05) is 6.54 Å². The molecule has 142 valence electrons. The lowest BCUT2D eigenvalue weighted by atomic mass is 9.49. The standard InChI is InChI=1S/C21H26N4O2/c26-18(1-2-19-24-20(25-27-19)17-3-5-22-6-4-17)23-13-21-10-14-7-15(11-21)9-16(8-14)12-21/h3-6,14-16H,1-2,7-13H2,(H,23,26). The maximum Gasteiger partial charge on any atom is 0.227 e. The molecule has 0 atom stereocenters. The van der Waals surface area contributed by atoms with Gasteiger partial charge in [-0.05, 0) is 73.8 Å². The zero-order valence-electron chi connectivity index (χ0n) is 15.6. The van der Waals surface area contributed by atoms with Gasteiger partial charge in [0.1, 0.15) is 0 Å². The van der Waals surface area contributed by atoms with Gasteiger partial charge >= 0.3 is 0 Å². The van der Waals surface area contributed by atoms with Gasteiger partial charge in [0.05, 0.1) is 0 Å². The van der Waals surface area contributed by atoms with Gasteiger partial charge in [0.15, 0.2) is 0 Å². The van der Waals surface area contributed by atoms with E-state index in [0.29, 0.717) is 30.0 Å². The Morgan fingerprint density at radius 2 is 1.78 bits per heavy atom. The van der Waals surface area contributed by atoms with Gasteiger partial charge < -0.3 is 9.84 Å². The van der Waals surface area contributed by atoms with E-state index in [1.807, 2.05) is 12.1 Å². The summed E-state index contributed by atoms with van der Waals surface area (Å²) in [5.74, 6) is 3.89. The third-order valence-corrected chi connectivity index (χ3v) is 6.80. The van der Waals surface area contributed by atoms with Crippen LogP contribution in [0.2, 0.25) is 0 Å². The molecular formula is C21H26N4O2. The molecule has 6 heteroatoms. The molecule has 4 fully saturated rings. The van der Waals surface area contributed by atoms with Crippen LogP contribution in [-0.2, 0) is 11.2 Å². The Bertz CT molecular complexity index is 781. The summed E-state index contributed by atoms with van der Waals surface area (Å²) in [6.45, 7) is 0.849. The van der Waals surface area contributed by atoms with Gasteiger partial charge in [-0.2, -0.15) is 4.98 Å². The maximum absolute atomic E-state index is 12.4. The lowest BCUT2D eigenvalue weighted by Crippen LogP contribution is -2.51. The molecular weight excluding hydrogens is 340 g/mol. The molecule has 2 aromatic rings. The van der Waals surface area contributed by atoms with Gasteiger partial charge in [-0.1, -0.05) is 5.16 Å². The van der Waals surface area contributed by atoms with E-state index in [0.717, 1.165) is 29.9 Å². The average Bonchev–Trinajstić information content (AvgIpc) is 3.14. The first-order chi connectivity index (χ1) is 13.2. The number of pyridine rings is 1. The predicted octanol–water partition coefficient (Wildman–Crippen LogP) is 3.40. The lowest BCUT2D eigenvalue weighted by molar-refractivity contribution is -0.123. The van der Waals surface area contributed by atoms with E-state index in [-0.39, 0.29) is 5.91 Å². The molecule has 6 nitrogen and oxygen atoms in total. The fraction of sp³-hybridized carbons (Fsp3) is 0.619. The van der Waals surface area contributed by atoms with Crippen LogP contribution in [0, 0.1) is 23.2 Å². The molecule has 4 bridgehead atoms. The molecule has 0 spiro atoms. The number of hydrogen-bond acceptors (Lipinski definition) is 5. The second-order valence-electron chi connectivity index (χ2n) is 8.94. The van der Waals surface area contributed by atoms with Crippen LogP contribution >= 0.6 is 0 Å². The van der Waals surface area contributed by atoms with Crippen LogP contribution in [0.3, 0.4) is 0 Å². The van der Waals surface area contributed by atoms with Gasteiger partial charge in [-0.3, -0.25) is 9.78 Å². The summed E-state index contributed by atoms with van der Waals surface area (Å²) >= 11 is 0. The SMILES string of the molecule is O=C(CCc1nc(-c2ccncc2)no1)NCC12CC3CC(CC(C3)C1)C2. The normalized spacial score (nSPS) is 31.2. The van der Waals surface area contributed by atoms with Crippen LogP contribution in [0.1, 0.15) is 50.8 Å². The number of carbonyl (C=O) groups is 1. The zero-order chi connectivity index (χ0) is 18.3. The van der Waals surface area contributed by atoms with Crippen molar-refractivity contribution in [3.8, 4) is 11.4 Å². The van der Waals surface area contributed by atoms with Crippen molar-refractivity contribution >= 4 is 5.91 Å². The highest BCUT2D eigenvalue weighted by molar-refractivity contribution is 5.76. The Morgan fingerprint density at radius 1 is 1.11 bits per heavy atom. The molecule has 1 amide bonds. The summed E-state index contributed by atoms with van der Waals surface area (Å²) < 4.78 is 5.29. The number of nitrogens with zero attached hydrogens (tertiary/aromatic N) is 3. The fourth-order valence-corrected chi connectivity index (χ4v) is 6.08. The molecule has 1 N–H and O–H groups in total. The molecule has 2 heterocycles. The van der Waals surface area contributed by atoms with E-state index in [1.165, 1.54) is 38.5 Å². The van der Waals surface area contributed by atoms with Gasteiger partial charge in [-0.25, -0.2) is 0 Å². The smallest absolute Gasteiger partial charge is 0.227 e. The highest BCUT2D eigenvalue weighted by Crippen LogP contribution is 2.59.